The summed E-state index contributed by atoms with van der Waals surface area (Å²) >= 11 is 0. The molecule has 0 bridgehead atoms. The summed E-state index contributed by atoms with van der Waals surface area (Å²) in [6.45, 7) is 4.94. The smallest absolute Gasteiger partial charge is 0.222 e. The molecule has 5 nitrogen and oxygen atoms in total. The molecule has 0 spiro atoms. The van der Waals surface area contributed by atoms with Gasteiger partial charge in [0.15, 0.2) is 0 Å². The second kappa shape index (κ2) is 6.03. The minimum Gasteiger partial charge on any atom is -0.342 e. The van der Waals surface area contributed by atoms with E-state index < -0.39 is 0 Å². The molecule has 22 heavy (non-hydrogen) atoms. The maximum atomic E-state index is 12.0. The third kappa shape index (κ3) is 2.78. The van der Waals surface area contributed by atoms with Crippen LogP contribution in [0.3, 0.4) is 0 Å². The number of rotatable bonds is 3. The standard InChI is InChI=1S/C17H26N4O/c22-17-6-3-9-19(17)10-14-11-20(15-4-1-2-5-15)13-16-7-8-18-21(16)12-14/h7-8,14-15H,1-6,9-13H2/t14-/m1/s1. The van der Waals surface area contributed by atoms with Gasteiger partial charge in [-0.1, -0.05) is 12.8 Å². The van der Waals surface area contributed by atoms with E-state index in [2.05, 4.69) is 25.6 Å². The minimum atomic E-state index is 0.345. The number of likely N-dealkylation sites (tertiary alicyclic amines) is 1. The molecule has 1 aromatic heterocycles. The van der Waals surface area contributed by atoms with Gasteiger partial charge in [0.1, 0.15) is 0 Å². The number of carbonyl (C=O) groups excluding carboxylic acids is 1. The highest BCUT2D eigenvalue weighted by atomic mass is 16.2. The first-order valence-corrected chi connectivity index (χ1v) is 8.82. The van der Waals surface area contributed by atoms with Crippen LogP contribution in [0.1, 0.15) is 44.2 Å². The van der Waals surface area contributed by atoms with Crippen molar-refractivity contribution in [3.63, 3.8) is 0 Å². The van der Waals surface area contributed by atoms with Gasteiger partial charge in [-0.3, -0.25) is 14.4 Å². The second-order valence-corrected chi connectivity index (χ2v) is 7.18. The molecule has 3 aliphatic rings. The normalized spacial score (nSPS) is 27.4. The first kappa shape index (κ1) is 14.2. The second-order valence-electron chi connectivity index (χ2n) is 7.18. The van der Waals surface area contributed by atoms with Crippen LogP contribution in [-0.4, -0.2) is 51.2 Å². The highest BCUT2D eigenvalue weighted by Gasteiger charge is 2.31. The number of hydrogen-bond donors (Lipinski definition) is 0. The quantitative estimate of drug-likeness (QED) is 0.856. The fourth-order valence-electron chi connectivity index (χ4n) is 4.44. The Hall–Kier alpha value is -1.36. The molecule has 1 saturated carbocycles. The summed E-state index contributed by atoms with van der Waals surface area (Å²) in [7, 11) is 0. The number of amides is 1. The number of fused-ring (bicyclic) bond motifs is 1. The van der Waals surface area contributed by atoms with Crippen molar-refractivity contribution in [1.82, 2.24) is 19.6 Å². The van der Waals surface area contributed by atoms with E-state index in [1.165, 1.54) is 31.4 Å². The van der Waals surface area contributed by atoms with Crippen molar-refractivity contribution in [1.29, 1.82) is 0 Å². The Labute approximate surface area is 132 Å². The Morgan fingerprint density at radius 1 is 1.18 bits per heavy atom. The molecule has 2 aliphatic heterocycles. The molecule has 3 heterocycles. The molecule has 2 fully saturated rings. The van der Waals surface area contributed by atoms with E-state index in [0.717, 1.165) is 51.6 Å². The summed E-state index contributed by atoms with van der Waals surface area (Å²) in [4.78, 5) is 16.7. The Balaban J connectivity index is 1.51. The number of nitrogens with zero attached hydrogens (tertiary/aromatic N) is 4. The predicted octanol–water partition coefficient (Wildman–Crippen LogP) is 1.88. The van der Waals surface area contributed by atoms with E-state index in [9.17, 15) is 4.79 Å². The SMILES string of the molecule is O=C1CCCN1C[C@@H]1CN(C2CCCC2)Cc2ccnn2C1. The Bertz CT molecular complexity index is 535. The summed E-state index contributed by atoms with van der Waals surface area (Å²) < 4.78 is 2.17. The lowest BCUT2D eigenvalue weighted by molar-refractivity contribution is -0.128. The van der Waals surface area contributed by atoms with E-state index in [-0.39, 0.29) is 0 Å². The Kier molecular flexibility index (Phi) is 3.90. The molecule has 1 atom stereocenters. The zero-order valence-corrected chi connectivity index (χ0v) is 13.3. The van der Waals surface area contributed by atoms with Crippen LogP contribution in [0.25, 0.3) is 0 Å². The maximum Gasteiger partial charge on any atom is 0.222 e. The first-order chi connectivity index (χ1) is 10.8. The highest BCUT2D eigenvalue weighted by Crippen LogP contribution is 2.28. The predicted molar refractivity (Wildman–Crippen MR) is 84.2 cm³/mol. The zero-order chi connectivity index (χ0) is 14.9. The highest BCUT2D eigenvalue weighted by molar-refractivity contribution is 5.78. The van der Waals surface area contributed by atoms with Crippen LogP contribution in [0.5, 0.6) is 0 Å². The molecule has 1 saturated heterocycles. The van der Waals surface area contributed by atoms with Gasteiger partial charge in [0.05, 0.1) is 5.69 Å². The molecule has 0 unspecified atom stereocenters. The number of hydrogen-bond acceptors (Lipinski definition) is 3. The molecule has 1 aromatic rings. The van der Waals surface area contributed by atoms with Crippen molar-refractivity contribution in [3.05, 3.63) is 18.0 Å². The third-order valence-electron chi connectivity index (χ3n) is 5.58. The van der Waals surface area contributed by atoms with Crippen LogP contribution in [0.4, 0.5) is 0 Å². The van der Waals surface area contributed by atoms with Gasteiger partial charge < -0.3 is 4.90 Å². The summed E-state index contributed by atoms with van der Waals surface area (Å²) in [6.07, 6.45) is 9.11. The lowest BCUT2D eigenvalue weighted by atomic mass is 10.1. The molecular formula is C17H26N4O. The van der Waals surface area contributed by atoms with Gasteiger partial charge in [0.2, 0.25) is 5.91 Å². The van der Waals surface area contributed by atoms with Crippen LogP contribution in [0.2, 0.25) is 0 Å². The van der Waals surface area contributed by atoms with Crippen LogP contribution < -0.4 is 0 Å². The van der Waals surface area contributed by atoms with Gasteiger partial charge in [-0.15, -0.1) is 0 Å². The van der Waals surface area contributed by atoms with Crippen LogP contribution in [0, 0.1) is 5.92 Å². The van der Waals surface area contributed by atoms with Crippen molar-refractivity contribution in [2.45, 2.75) is 57.7 Å². The minimum absolute atomic E-state index is 0.345. The fraction of sp³-hybridized carbons (Fsp3) is 0.765. The molecule has 5 heteroatoms. The van der Waals surface area contributed by atoms with E-state index >= 15 is 0 Å². The van der Waals surface area contributed by atoms with Crippen molar-refractivity contribution in [2.24, 2.45) is 5.92 Å². The summed E-state index contributed by atoms with van der Waals surface area (Å²) in [6, 6.07) is 2.89. The van der Waals surface area contributed by atoms with Crippen molar-refractivity contribution >= 4 is 5.91 Å². The van der Waals surface area contributed by atoms with Gasteiger partial charge in [-0.05, 0) is 25.3 Å². The molecular weight excluding hydrogens is 276 g/mol. The van der Waals surface area contributed by atoms with E-state index in [0.29, 0.717) is 11.8 Å². The molecule has 0 N–H and O–H groups in total. The van der Waals surface area contributed by atoms with Crippen LogP contribution >= 0.6 is 0 Å². The van der Waals surface area contributed by atoms with Crippen LogP contribution in [0.15, 0.2) is 12.3 Å². The molecule has 0 aromatic carbocycles. The summed E-state index contributed by atoms with van der Waals surface area (Å²) in [5.74, 6) is 0.848. The molecule has 120 valence electrons. The lowest BCUT2D eigenvalue weighted by Crippen LogP contribution is -2.40. The topological polar surface area (TPSA) is 41.4 Å². The maximum absolute atomic E-state index is 12.0. The third-order valence-corrected chi connectivity index (χ3v) is 5.58. The van der Waals surface area contributed by atoms with E-state index in [4.69, 9.17) is 0 Å². The van der Waals surface area contributed by atoms with Crippen molar-refractivity contribution < 1.29 is 4.79 Å². The lowest BCUT2D eigenvalue weighted by Gasteiger charge is -2.31. The monoisotopic (exact) mass is 302 g/mol. The number of aromatic nitrogens is 2. The Morgan fingerprint density at radius 3 is 2.82 bits per heavy atom. The van der Waals surface area contributed by atoms with Crippen molar-refractivity contribution in [2.75, 3.05) is 19.6 Å². The zero-order valence-electron chi connectivity index (χ0n) is 13.3. The molecule has 0 radical (unpaired) electrons. The molecule has 4 rings (SSSR count). The van der Waals surface area contributed by atoms with E-state index in [1.807, 2.05) is 6.20 Å². The average Bonchev–Trinajstić information content (AvgIpc) is 3.22. The fourth-order valence-corrected chi connectivity index (χ4v) is 4.44. The van der Waals surface area contributed by atoms with Gasteiger partial charge in [0.25, 0.3) is 0 Å². The average molecular weight is 302 g/mol. The van der Waals surface area contributed by atoms with Gasteiger partial charge in [0, 0.05) is 57.3 Å². The van der Waals surface area contributed by atoms with Gasteiger partial charge in [-0.2, -0.15) is 5.10 Å². The Morgan fingerprint density at radius 2 is 2.05 bits per heavy atom. The number of carbonyl (C=O) groups is 1. The van der Waals surface area contributed by atoms with Gasteiger partial charge in [-0.25, -0.2) is 0 Å². The first-order valence-electron chi connectivity index (χ1n) is 8.82. The van der Waals surface area contributed by atoms with E-state index in [1.54, 1.807) is 0 Å². The van der Waals surface area contributed by atoms with Crippen LogP contribution in [-0.2, 0) is 17.9 Å². The molecule has 1 amide bonds. The van der Waals surface area contributed by atoms with Crippen molar-refractivity contribution in [3.8, 4) is 0 Å². The van der Waals surface area contributed by atoms with Gasteiger partial charge >= 0.3 is 0 Å². The summed E-state index contributed by atoms with van der Waals surface area (Å²) in [5, 5.41) is 4.51. The molecule has 1 aliphatic carbocycles. The summed E-state index contributed by atoms with van der Waals surface area (Å²) in [5.41, 5.74) is 1.34. The largest absolute Gasteiger partial charge is 0.342 e.